The molecular weight excluding hydrogens is 290 g/mol. The van der Waals surface area contributed by atoms with Crippen LogP contribution >= 0.6 is 0 Å². The van der Waals surface area contributed by atoms with Crippen molar-refractivity contribution < 1.29 is 14.3 Å². The van der Waals surface area contributed by atoms with E-state index in [1.165, 1.54) is 0 Å². The molecule has 0 fully saturated rings. The van der Waals surface area contributed by atoms with Crippen molar-refractivity contribution in [1.82, 2.24) is 5.32 Å². The zero-order valence-corrected chi connectivity index (χ0v) is 14.1. The van der Waals surface area contributed by atoms with Gasteiger partial charge in [-0.05, 0) is 44.5 Å². The lowest BCUT2D eigenvalue weighted by molar-refractivity contribution is -0.123. The fourth-order valence-corrected chi connectivity index (χ4v) is 2.41. The molecule has 1 N–H and O–H groups in total. The first-order chi connectivity index (χ1) is 11.0. The van der Waals surface area contributed by atoms with Crippen LogP contribution in [0.25, 0.3) is 0 Å². The van der Waals surface area contributed by atoms with E-state index in [-0.39, 0.29) is 18.6 Å². The summed E-state index contributed by atoms with van der Waals surface area (Å²) in [6, 6.07) is 13.4. The SMILES string of the molecule is COc1ccc(C)cc1C(C)NC(=O)COc1cccc(C)c1. The van der Waals surface area contributed by atoms with E-state index >= 15 is 0 Å². The standard InChI is InChI=1S/C19H23NO3/c1-13-6-5-7-16(10-13)23-12-19(21)20-15(3)17-11-14(2)8-9-18(17)22-4/h5-11,15H,12H2,1-4H3,(H,20,21). The van der Waals surface area contributed by atoms with Gasteiger partial charge in [-0.2, -0.15) is 0 Å². The Hall–Kier alpha value is -2.49. The first kappa shape index (κ1) is 16.9. The first-order valence-corrected chi connectivity index (χ1v) is 7.63. The largest absolute Gasteiger partial charge is 0.496 e. The lowest BCUT2D eigenvalue weighted by Gasteiger charge is -2.18. The van der Waals surface area contributed by atoms with Crippen LogP contribution < -0.4 is 14.8 Å². The van der Waals surface area contributed by atoms with Crippen molar-refractivity contribution in [3.05, 3.63) is 59.2 Å². The van der Waals surface area contributed by atoms with Crippen LogP contribution in [0.4, 0.5) is 0 Å². The van der Waals surface area contributed by atoms with Crippen LogP contribution in [0.15, 0.2) is 42.5 Å². The van der Waals surface area contributed by atoms with Crippen LogP contribution in [-0.2, 0) is 4.79 Å². The van der Waals surface area contributed by atoms with Gasteiger partial charge in [-0.25, -0.2) is 0 Å². The summed E-state index contributed by atoms with van der Waals surface area (Å²) in [6.45, 7) is 5.92. The van der Waals surface area contributed by atoms with Crippen molar-refractivity contribution in [2.75, 3.05) is 13.7 Å². The highest BCUT2D eigenvalue weighted by atomic mass is 16.5. The summed E-state index contributed by atoms with van der Waals surface area (Å²) in [5.41, 5.74) is 3.18. The quantitative estimate of drug-likeness (QED) is 0.887. The maximum absolute atomic E-state index is 12.1. The predicted molar refractivity (Wildman–Crippen MR) is 91.0 cm³/mol. The molecular formula is C19H23NO3. The maximum atomic E-state index is 12.1. The van der Waals surface area contributed by atoms with Crippen LogP contribution in [0.1, 0.15) is 29.7 Å². The highest BCUT2D eigenvalue weighted by Gasteiger charge is 2.14. The highest BCUT2D eigenvalue weighted by molar-refractivity contribution is 5.78. The Morgan fingerprint density at radius 1 is 1.13 bits per heavy atom. The van der Waals surface area contributed by atoms with Gasteiger partial charge in [0, 0.05) is 5.56 Å². The summed E-state index contributed by atoms with van der Waals surface area (Å²) in [7, 11) is 1.63. The van der Waals surface area contributed by atoms with E-state index in [1.54, 1.807) is 7.11 Å². The van der Waals surface area contributed by atoms with Gasteiger partial charge in [0.1, 0.15) is 11.5 Å². The third-order valence-electron chi connectivity index (χ3n) is 3.59. The maximum Gasteiger partial charge on any atom is 0.258 e. The molecule has 1 amide bonds. The first-order valence-electron chi connectivity index (χ1n) is 7.63. The number of hydrogen-bond acceptors (Lipinski definition) is 3. The molecule has 0 aliphatic carbocycles. The Morgan fingerprint density at radius 2 is 1.87 bits per heavy atom. The van der Waals surface area contributed by atoms with E-state index in [1.807, 2.05) is 63.2 Å². The second kappa shape index (κ2) is 7.68. The molecule has 2 aromatic carbocycles. The molecule has 0 aliphatic heterocycles. The molecule has 4 nitrogen and oxygen atoms in total. The molecule has 4 heteroatoms. The molecule has 23 heavy (non-hydrogen) atoms. The van der Waals surface area contributed by atoms with Crippen LogP contribution in [-0.4, -0.2) is 19.6 Å². The Morgan fingerprint density at radius 3 is 2.57 bits per heavy atom. The van der Waals surface area contributed by atoms with Crippen molar-refractivity contribution in [2.24, 2.45) is 0 Å². The second-order valence-corrected chi connectivity index (χ2v) is 5.64. The number of carbonyl (C=O) groups excluding carboxylic acids is 1. The molecule has 2 rings (SSSR count). The minimum atomic E-state index is -0.164. The molecule has 0 heterocycles. The number of aryl methyl sites for hydroxylation is 2. The minimum Gasteiger partial charge on any atom is -0.496 e. The lowest BCUT2D eigenvalue weighted by atomic mass is 10.0. The molecule has 0 bridgehead atoms. The van der Waals surface area contributed by atoms with Crippen molar-refractivity contribution >= 4 is 5.91 Å². The zero-order chi connectivity index (χ0) is 16.8. The van der Waals surface area contributed by atoms with E-state index in [9.17, 15) is 4.79 Å². The fraction of sp³-hybridized carbons (Fsp3) is 0.316. The third-order valence-corrected chi connectivity index (χ3v) is 3.59. The van der Waals surface area contributed by atoms with Gasteiger partial charge in [-0.1, -0.05) is 29.8 Å². The van der Waals surface area contributed by atoms with Crippen LogP contribution in [0.5, 0.6) is 11.5 Å². The average molecular weight is 313 g/mol. The number of rotatable bonds is 6. The summed E-state index contributed by atoms with van der Waals surface area (Å²) in [5, 5.41) is 2.94. The van der Waals surface area contributed by atoms with Gasteiger partial charge < -0.3 is 14.8 Å². The smallest absolute Gasteiger partial charge is 0.258 e. The van der Waals surface area contributed by atoms with Crippen molar-refractivity contribution in [3.8, 4) is 11.5 Å². The summed E-state index contributed by atoms with van der Waals surface area (Å²) in [6.07, 6.45) is 0. The number of ether oxygens (including phenoxy) is 2. The summed E-state index contributed by atoms with van der Waals surface area (Å²) >= 11 is 0. The molecule has 0 aliphatic rings. The third kappa shape index (κ3) is 4.74. The number of hydrogen-bond donors (Lipinski definition) is 1. The van der Waals surface area contributed by atoms with Crippen LogP contribution in [0, 0.1) is 13.8 Å². The second-order valence-electron chi connectivity index (χ2n) is 5.64. The number of benzene rings is 2. The normalized spacial score (nSPS) is 11.7. The van der Waals surface area contributed by atoms with E-state index in [0.717, 1.165) is 22.4 Å². The van der Waals surface area contributed by atoms with E-state index in [0.29, 0.717) is 5.75 Å². The van der Waals surface area contributed by atoms with E-state index < -0.39 is 0 Å². The number of methoxy groups -OCH3 is 1. The number of amides is 1. The molecule has 0 saturated heterocycles. The molecule has 0 saturated carbocycles. The lowest BCUT2D eigenvalue weighted by Crippen LogP contribution is -2.31. The topological polar surface area (TPSA) is 47.6 Å². The van der Waals surface area contributed by atoms with Gasteiger partial charge in [-0.3, -0.25) is 4.79 Å². The van der Waals surface area contributed by atoms with Crippen LogP contribution in [0.2, 0.25) is 0 Å². The van der Waals surface area contributed by atoms with Gasteiger partial charge >= 0.3 is 0 Å². The Kier molecular flexibility index (Phi) is 5.63. The highest BCUT2D eigenvalue weighted by Crippen LogP contribution is 2.26. The molecule has 1 atom stereocenters. The number of carbonyl (C=O) groups is 1. The molecule has 0 spiro atoms. The van der Waals surface area contributed by atoms with Crippen LogP contribution in [0.3, 0.4) is 0 Å². The summed E-state index contributed by atoms with van der Waals surface area (Å²) < 4.78 is 10.9. The molecule has 1 unspecified atom stereocenters. The fourth-order valence-electron chi connectivity index (χ4n) is 2.41. The zero-order valence-electron chi connectivity index (χ0n) is 14.1. The monoisotopic (exact) mass is 313 g/mol. The average Bonchev–Trinajstić information content (AvgIpc) is 2.53. The van der Waals surface area contributed by atoms with Crippen molar-refractivity contribution in [3.63, 3.8) is 0 Å². The van der Waals surface area contributed by atoms with E-state index in [2.05, 4.69) is 5.32 Å². The van der Waals surface area contributed by atoms with Gasteiger partial charge in [0.25, 0.3) is 5.91 Å². The summed E-state index contributed by atoms with van der Waals surface area (Å²) in [5.74, 6) is 1.30. The minimum absolute atomic E-state index is 0.0120. The molecule has 0 radical (unpaired) electrons. The Balaban J connectivity index is 1.96. The van der Waals surface area contributed by atoms with Gasteiger partial charge in [0.2, 0.25) is 0 Å². The number of nitrogens with one attached hydrogen (secondary N) is 1. The van der Waals surface area contributed by atoms with E-state index in [4.69, 9.17) is 9.47 Å². The van der Waals surface area contributed by atoms with Gasteiger partial charge in [-0.15, -0.1) is 0 Å². The van der Waals surface area contributed by atoms with Crippen molar-refractivity contribution in [2.45, 2.75) is 26.8 Å². The summed E-state index contributed by atoms with van der Waals surface area (Å²) in [4.78, 5) is 12.1. The van der Waals surface area contributed by atoms with Crippen molar-refractivity contribution in [1.29, 1.82) is 0 Å². The Bertz CT molecular complexity index is 682. The molecule has 122 valence electrons. The van der Waals surface area contributed by atoms with Gasteiger partial charge in [0.15, 0.2) is 6.61 Å². The molecule has 0 aromatic heterocycles. The Labute approximate surface area is 137 Å². The predicted octanol–water partition coefficient (Wildman–Crippen LogP) is 3.57. The molecule has 2 aromatic rings. The van der Waals surface area contributed by atoms with Gasteiger partial charge in [0.05, 0.1) is 13.2 Å².